The molecule has 2 aliphatic carbocycles. The number of rotatable bonds is 4. The van der Waals surface area contributed by atoms with Crippen LogP contribution in [0, 0.1) is 11.8 Å². The van der Waals surface area contributed by atoms with Crippen molar-refractivity contribution in [3.8, 4) is 0 Å². The molecular weight excluding hydrogens is 222 g/mol. The predicted octanol–water partition coefficient (Wildman–Crippen LogP) is 3.84. The maximum atomic E-state index is 4.52. The molecule has 0 aromatic carbocycles. The summed E-state index contributed by atoms with van der Waals surface area (Å²) in [7, 11) is 0. The van der Waals surface area contributed by atoms with Gasteiger partial charge in [0, 0.05) is 24.5 Å². The van der Waals surface area contributed by atoms with Gasteiger partial charge in [0.15, 0.2) is 0 Å². The van der Waals surface area contributed by atoms with Gasteiger partial charge in [0.25, 0.3) is 0 Å². The van der Waals surface area contributed by atoms with Gasteiger partial charge in [-0.15, -0.1) is 0 Å². The summed E-state index contributed by atoms with van der Waals surface area (Å²) in [5.41, 5.74) is 0. The number of imidazole rings is 1. The van der Waals surface area contributed by atoms with Crippen LogP contribution in [0.4, 0.5) is 5.95 Å². The van der Waals surface area contributed by atoms with Crippen LogP contribution >= 0.6 is 0 Å². The largest absolute Gasteiger partial charge is 0.353 e. The molecule has 0 spiro atoms. The number of aromatic nitrogens is 2. The molecule has 3 nitrogen and oxygen atoms in total. The van der Waals surface area contributed by atoms with Gasteiger partial charge < -0.3 is 9.88 Å². The first-order chi connectivity index (χ1) is 8.75. The van der Waals surface area contributed by atoms with Crippen LogP contribution in [0.5, 0.6) is 0 Å². The zero-order valence-corrected chi connectivity index (χ0v) is 11.6. The fourth-order valence-electron chi connectivity index (χ4n) is 3.37. The Bertz CT molecular complexity index is 392. The molecule has 3 rings (SSSR count). The molecule has 3 heteroatoms. The van der Waals surface area contributed by atoms with E-state index in [9.17, 15) is 0 Å². The summed E-state index contributed by atoms with van der Waals surface area (Å²) in [6.07, 6.45) is 12.2. The molecule has 0 bridgehead atoms. The second-order valence-electron chi connectivity index (χ2n) is 6.33. The minimum atomic E-state index is 0.624. The lowest BCUT2D eigenvalue weighted by Gasteiger charge is -2.35. The van der Waals surface area contributed by atoms with Crippen LogP contribution in [0.25, 0.3) is 0 Å². The number of anilines is 1. The molecule has 0 aliphatic heterocycles. The summed E-state index contributed by atoms with van der Waals surface area (Å²) >= 11 is 0. The highest BCUT2D eigenvalue weighted by atomic mass is 15.2. The lowest BCUT2D eigenvalue weighted by Crippen LogP contribution is -2.36. The lowest BCUT2D eigenvalue weighted by molar-refractivity contribution is 0.252. The Kier molecular flexibility index (Phi) is 3.31. The van der Waals surface area contributed by atoms with E-state index in [2.05, 4.69) is 34.9 Å². The lowest BCUT2D eigenvalue weighted by atomic mass is 9.78. The minimum Gasteiger partial charge on any atom is -0.353 e. The summed E-state index contributed by atoms with van der Waals surface area (Å²) in [5.74, 6) is 2.69. The SMILES string of the molecule is CC(C)C1CCCCC1Nc1nccn1C1CC1. The van der Waals surface area contributed by atoms with Gasteiger partial charge >= 0.3 is 0 Å². The zero-order chi connectivity index (χ0) is 12.5. The van der Waals surface area contributed by atoms with E-state index in [-0.39, 0.29) is 0 Å². The molecule has 100 valence electrons. The van der Waals surface area contributed by atoms with Crippen molar-refractivity contribution in [3.05, 3.63) is 12.4 Å². The second-order valence-corrected chi connectivity index (χ2v) is 6.33. The Morgan fingerprint density at radius 3 is 2.72 bits per heavy atom. The molecule has 2 aliphatic rings. The molecule has 1 aromatic rings. The Balaban J connectivity index is 1.71. The quantitative estimate of drug-likeness (QED) is 0.876. The molecule has 1 aromatic heterocycles. The van der Waals surface area contributed by atoms with Crippen LogP contribution in [0.1, 0.15) is 58.4 Å². The van der Waals surface area contributed by atoms with Crippen LogP contribution in [0.2, 0.25) is 0 Å². The van der Waals surface area contributed by atoms with Crippen molar-refractivity contribution in [3.63, 3.8) is 0 Å². The first-order valence-electron chi connectivity index (χ1n) is 7.55. The molecule has 2 saturated carbocycles. The third-order valence-electron chi connectivity index (χ3n) is 4.60. The van der Waals surface area contributed by atoms with Crippen LogP contribution in [-0.4, -0.2) is 15.6 Å². The molecule has 18 heavy (non-hydrogen) atoms. The predicted molar refractivity (Wildman–Crippen MR) is 74.7 cm³/mol. The zero-order valence-electron chi connectivity index (χ0n) is 11.6. The van der Waals surface area contributed by atoms with E-state index in [1.807, 2.05) is 6.20 Å². The van der Waals surface area contributed by atoms with Crippen molar-refractivity contribution in [1.82, 2.24) is 9.55 Å². The molecule has 2 unspecified atom stereocenters. The summed E-state index contributed by atoms with van der Waals surface area (Å²) in [6.45, 7) is 4.72. The molecular formula is C15H25N3. The highest BCUT2D eigenvalue weighted by Crippen LogP contribution is 2.38. The average molecular weight is 247 g/mol. The summed E-state index contributed by atoms with van der Waals surface area (Å²) < 4.78 is 2.34. The Morgan fingerprint density at radius 1 is 1.22 bits per heavy atom. The summed E-state index contributed by atoms with van der Waals surface area (Å²) in [4.78, 5) is 4.52. The van der Waals surface area contributed by atoms with Crippen molar-refractivity contribution in [1.29, 1.82) is 0 Å². The molecule has 0 radical (unpaired) electrons. The van der Waals surface area contributed by atoms with Crippen molar-refractivity contribution >= 4 is 5.95 Å². The minimum absolute atomic E-state index is 0.624. The molecule has 2 fully saturated rings. The highest BCUT2D eigenvalue weighted by molar-refractivity contribution is 5.30. The first kappa shape index (κ1) is 12.1. The molecule has 2 atom stereocenters. The van der Waals surface area contributed by atoms with Gasteiger partial charge in [-0.1, -0.05) is 26.7 Å². The van der Waals surface area contributed by atoms with Crippen molar-refractivity contribution < 1.29 is 0 Å². The Hall–Kier alpha value is -0.990. The van der Waals surface area contributed by atoms with Gasteiger partial charge in [0.1, 0.15) is 0 Å². The normalized spacial score (nSPS) is 28.6. The first-order valence-corrected chi connectivity index (χ1v) is 7.55. The van der Waals surface area contributed by atoms with Crippen molar-refractivity contribution in [2.75, 3.05) is 5.32 Å². The van der Waals surface area contributed by atoms with E-state index in [0.29, 0.717) is 6.04 Å². The van der Waals surface area contributed by atoms with Gasteiger partial charge in [-0.05, 0) is 37.5 Å². The van der Waals surface area contributed by atoms with E-state index in [1.54, 1.807) is 0 Å². The Morgan fingerprint density at radius 2 is 2.00 bits per heavy atom. The van der Waals surface area contributed by atoms with E-state index in [0.717, 1.165) is 23.8 Å². The third kappa shape index (κ3) is 2.40. The van der Waals surface area contributed by atoms with Crippen molar-refractivity contribution in [2.45, 2.75) is 64.5 Å². The second kappa shape index (κ2) is 4.94. The van der Waals surface area contributed by atoms with Crippen molar-refractivity contribution in [2.24, 2.45) is 11.8 Å². The fraction of sp³-hybridized carbons (Fsp3) is 0.800. The van der Waals surface area contributed by atoms with Crippen LogP contribution in [0.15, 0.2) is 12.4 Å². The smallest absolute Gasteiger partial charge is 0.203 e. The number of nitrogens with zero attached hydrogens (tertiary/aromatic N) is 2. The standard InChI is InChI=1S/C15H25N3/c1-11(2)13-5-3-4-6-14(13)17-15-16-9-10-18(15)12-7-8-12/h9-14H,3-8H2,1-2H3,(H,16,17). The summed E-state index contributed by atoms with van der Waals surface area (Å²) in [6, 6.07) is 1.34. The van der Waals surface area contributed by atoms with Gasteiger partial charge in [-0.25, -0.2) is 4.98 Å². The van der Waals surface area contributed by atoms with Crippen LogP contribution < -0.4 is 5.32 Å². The van der Waals surface area contributed by atoms with Gasteiger partial charge in [0.2, 0.25) is 5.95 Å². The molecule has 0 amide bonds. The summed E-state index contributed by atoms with van der Waals surface area (Å²) in [5, 5.41) is 3.73. The molecule has 0 saturated heterocycles. The average Bonchev–Trinajstić information content (AvgIpc) is 3.11. The molecule has 1 heterocycles. The molecule has 1 N–H and O–H groups in total. The van der Waals surface area contributed by atoms with E-state index >= 15 is 0 Å². The number of hydrogen-bond donors (Lipinski definition) is 1. The number of nitrogens with one attached hydrogen (secondary N) is 1. The van der Waals surface area contributed by atoms with Crippen LogP contribution in [0.3, 0.4) is 0 Å². The van der Waals surface area contributed by atoms with E-state index < -0.39 is 0 Å². The van der Waals surface area contributed by atoms with Gasteiger partial charge in [-0.2, -0.15) is 0 Å². The van der Waals surface area contributed by atoms with E-state index in [1.165, 1.54) is 38.5 Å². The third-order valence-corrected chi connectivity index (χ3v) is 4.60. The fourth-order valence-corrected chi connectivity index (χ4v) is 3.37. The number of hydrogen-bond acceptors (Lipinski definition) is 2. The van der Waals surface area contributed by atoms with Gasteiger partial charge in [-0.3, -0.25) is 0 Å². The monoisotopic (exact) mass is 247 g/mol. The highest BCUT2D eigenvalue weighted by Gasteiger charge is 2.30. The maximum absolute atomic E-state index is 4.52. The Labute approximate surface area is 110 Å². The van der Waals surface area contributed by atoms with Crippen LogP contribution in [-0.2, 0) is 0 Å². The van der Waals surface area contributed by atoms with E-state index in [4.69, 9.17) is 0 Å². The van der Waals surface area contributed by atoms with Gasteiger partial charge in [0.05, 0.1) is 0 Å². The maximum Gasteiger partial charge on any atom is 0.203 e. The topological polar surface area (TPSA) is 29.9 Å².